The molecule has 0 N–H and O–H groups in total. The fraction of sp³-hybridized carbons (Fsp3) is 0.423. The summed E-state index contributed by atoms with van der Waals surface area (Å²) in [5.74, 6) is -0.836. The Bertz CT molecular complexity index is 1330. The number of nitrogens with zero attached hydrogens (tertiary/aromatic N) is 4. The summed E-state index contributed by atoms with van der Waals surface area (Å²) >= 11 is 1.36. The minimum atomic E-state index is -4.73. The summed E-state index contributed by atoms with van der Waals surface area (Å²) in [7, 11) is 1.33. The first-order valence-corrected chi connectivity index (χ1v) is 12.4. The van der Waals surface area contributed by atoms with Crippen molar-refractivity contribution in [2.24, 2.45) is 5.41 Å². The summed E-state index contributed by atoms with van der Waals surface area (Å²) in [6, 6.07) is 5.84. The average molecular weight is 551 g/mol. The molecule has 1 amide bonds. The van der Waals surface area contributed by atoms with Crippen LogP contribution in [0, 0.1) is 12.3 Å². The molecule has 0 aliphatic heterocycles. The van der Waals surface area contributed by atoms with Gasteiger partial charge >= 0.3 is 18.2 Å². The van der Waals surface area contributed by atoms with Crippen molar-refractivity contribution in [2.75, 3.05) is 12.0 Å². The fourth-order valence-electron chi connectivity index (χ4n) is 3.51. The zero-order valence-corrected chi connectivity index (χ0v) is 23.0. The van der Waals surface area contributed by atoms with E-state index in [2.05, 4.69) is 15.0 Å². The van der Waals surface area contributed by atoms with Crippen LogP contribution in [0.1, 0.15) is 50.9 Å². The van der Waals surface area contributed by atoms with E-state index in [1.54, 1.807) is 59.9 Å². The molecule has 0 aliphatic rings. The van der Waals surface area contributed by atoms with Crippen molar-refractivity contribution < 1.29 is 32.2 Å². The number of benzene rings is 1. The molecule has 0 unspecified atom stereocenters. The maximum absolute atomic E-state index is 13.4. The predicted molar refractivity (Wildman–Crippen MR) is 137 cm³/mol. The van der Waals surface area contributed by atoms with Crippen molar-refractivity contribution in [2.45, 2.75) is 59.7 Å². The van der Waals surface area contributed by atoms with Gasteiger partial charge in [-0.3, -0.25) is 4.79 Å². The number of carbonyl (C=O) groups excluding carboxylic acids is 2. The lowest BCUT2D eigenvalue weighted by Crippen LogP contribution is -2.35. The van der Waals surface area contributed by atoms with Crippen LogP contribution >= 0.6 is 11.3 Å². The van der Waals surface area contributed by atoms with E-state index < -0.39 is 34.9 Å². The van der Waals surface area contributed by atoms with Gasteiger partial charge in [-0.1, -0.05) is 6.07 Å². The van der Waals surface area contributed by atoms with Gasteiger partial charge in [-0.25, -0.2) is 24.6 Å². The van der Waals surface area contributed by atoms with Gasteiger partial charge in [0.1, 0.15) is 11.3 Å². The van der Waals surface area contributed by atoms with Gasteiger partial charge in [-0.2, -0.15) is 13.2 Å². The van der Waals surface area contributed by atoms with Gasteiger partial charge in [-0.15, -0.1) is 11.3 Å². The van der Waals surface area contributed by atoms with Crippen LogP contribution in [0.3, 0.4) is 0 Å². The van der Waals surface area contributed by atoms with Crippen molar-refractivity contribution in [3.8, 4) is 10.4 Å². The quantitative estimate of drug-likeness (QED) is 0.314. The van der Waals surface area contributed by atoms with Gasteiger partial charge in [0.25, 0.3) is 0 Å². The molecule has 1 aromatic carbocycles. The van der Waals surface area contributed by atoms with Crippen molar-refractivity contribution in [1.29, 1.82) is 0 Å². The molecule has 0 atom stereocenters. The highest BCUT2D eigenvalue weighted by atomic mass is 32.1. The Morgan fingerprint density at radius 3 is 2.34 bits per heavy atom. The maximum atomic E-state index is 13.4. The van der Waals surface area contributed by atoms with E-state index in [1.165, 1.54) is 18.4 Å². The lowest BCUT2D eigenvalue weighted by atomic mass is 9.90. The van der Waals surface area contributed by atoms with Crippen LogP contribution in [0.2, 0.25) is 0 Å². The summed E-state index contributed by atoms with van der Waals surface area (Å²) in [6.45, 7) is 10.2. The van der Waals surface area contributed by atoms with Crippen LogP contribution in [0.25, 0.3) is 10.4 Å². The third-order valence-corrected chi connectivity index (χ3v) is 6.25. The number of alkyl halides is 3. The SMILES string of the molecule is COC(=O)C(C)(C)Cc1ncc(-c2cc(C)cc(N(C(=O)OC(C)(C)C)c3nccc(C(F)(F)F)n3)c2)s1. The topological polar surface area (TPSA) is 94.5 Å². The Balaban J connectivity index is 2.07. The number of esters is 1. The summed E-state index contributed by atoms with van der Waals surface area (Å²) in [4.78, 5) is 38.9. The van der Waals surface area contributed by atoms with Gasteiger partial charge in [0.05, 0.1) is 28.1 Å². The number of carbonyl (C=O) groups is 2. The number of hydrogen-bond acceptors (Lipinski definition) is 8. The van der Waals surface area contributed by atoms with Gasteiger partial charge in [-0.05, 0) is 70.9 Å². The van der Waals surface area contributed by atoms with E-state index in [-0.39, 0.29) is 11.7 Å². The second-order valence-corrected chi connectivity index (χ2v) is 11.4. The number of amides is 1. The van der Waals surface area contributed by atoms with Gasteiger partial charge in [0, 0.05) is 18.8 Å². The minimum absolute atomic E-state index is 0.221. The fourth-order valence-corrected chi connectivity index (χ4v) is 4.64. The number of halogens is 3. The summed E-state index contributed by atoms with van der Waals surface area (Å²) < 4.78 is 50.5. The molecule has 0 bridgehead atoms. The van der Waals surface area contributed by atoms with Crippen LogP contribution in [0.15, 0.2) is 36.7 Å². The molecular formula is C26H29F3N4O4S. The van der Waals surface area contributed by atoms with E-state index in [0.717, 1.165) is 27.6 Å². The van der Waals surface area contributed by atoms with E-state index in [9.17, 15) is 22.8 Å². The Morgan fingerprint density at radius 2 is 1.74 bits per heavy atom. The number of aromatic nitrogens is 3. The van der Waals surface area contributed by atoms with Crippen molar-refractivity contribution in [1.82, 2.24) is 15.0 Å². The predicted octanol–water partition coefficient (Wildman–Crippen LogP) is 6.74. The number of hydrogen-bond donors (Lipinski definition) is 0. The minimum Gasteiger partial charge on any atom is -0.469 e. The van der Waals surface area contributed by atoms with Crippen LogP contribution in [-0.4, -0.2) is 39.7 Å². The highest BCUT2D eigenvalue weighted by Crippen LogP contribution is 2.36. The third-order valence-electron chi connectivity index (χ3n) is 5.20. The molecule has 0 fully saturated rings. The van der Waals surface area contributed by atoms with Crippen molar-refractivity contribution in [3.63, 3.8) is 0 Å². The lowest BCUT2D eigenvalue weighted by molar-refractivity contribution is -0.150. The molecule has 0 spiro atoms. The highest BCUT2D eigenvalue weighted by molar-refractivity contribution is 7.15. The highest BCUT2D eigenvalue weighted by Gasteiger charge is 2.35. The molecule has 0 saturated heterocycles. The average Bonchev–Trinajstić information content (AvgIpc) is 3.24. The first-order valence-electron chi connectivity index (χ1n) is 11.6. The van der Waals surface area contributed by atoms with Crippen molar-refractivity contribution >= 4 is 35.0 Å². The number of ether oxygens (including phenoxy) is 2. The molecule has 3 aromatic rings. The van der Waals surface area contributed by atoms with E-state index in [4.69, 9.17) is 9.47 Å². The largest absolute Gasteiger partial charge is 0.469 e. The zero-order valence-electron chi connectivity index (χ0n) is 22.1. The standard InChI is InChI=1S/C26H29F3N4O4S/c1-15-10-16(18-14-31-20(38-18)13-25(5,6)21(34)36-7)12-17(11-15)33(23(35)37-24(2,3)4)22-30-9-8-19(32-22)26(27,28)29/h8-12,14H,13H2,1-7H3. The van der Waals surface area contributed by atoms with Gasteiger partial charge < -0.3 is 9.47 Å². The van der Waals surface area contributed by atoms with Crippen LogP contribution in [-0.2, 0) is 26.9 Å². The molecule has 204 valence electrons. The van der Waals surface area contributed by atoms with Gasteiger partial charge in [0.2, 0.25) is 5.95 Å². The van der Waals surface area contributed by atoms with E-state index >= 15 is 0 Å². The molecule has 0 aliphatic carbocycles. The molecular weight excluding hydrogens is 521 g/mol. The number of anilines is 2. The number of thiazole rings is 1. The zero-order chi connectivity index (χ0) is 28.5. The Labute approximate surface area is 222 Å². The third kappa shape index (κ3) is 7.06. The molecule has 38 heavy (non-hydrogen) atoms. The molecule has 8 nitrogen and oxygen atoms in total. The molecule has 2 aromatic heterocycles. The first kappa shape index (κ1) is 29.0. The van der Waals surface area contributed by atoms with E-state index in [0.29, 0.717) is 17.0 Å². The second kappa shape index (κ2) is 10.7. The van der Waals surface area contributed by atoms with Gasteiger partial charge in [0.15, 0.2) is 0 Å². The molecule has 0 saturated carbocycles. The Morgan fingerprint density at radius 1 is 1.05 bits per heavy atom. The Hall–Kier alpha value is -3.54. The van der Waals surface area contributed by atoms with Crippen LogP contribution < -0.4 is 4.90 Å². The number of methoxy groups -OCH3 is 1. The monoisotopic (exact) mass is 550 g/mol. The first-order chi connectivity index (χ1) is 17.5. The number of rotatable bonds is 6. The normalized spacial score (nSPS) is 12.3. The molecule has 12 heteroatoms. The Kier molecular flexibility index (Phi) is 8.16. The maximum Gasteiger partial charge on any atom is 0.433 e. The van der Waals surface area contributed by atoms with E-state index in [1.807, 2.05) is 6.07 Å². The summed E-state index contributed by atoms with van der Waals surface area (Å²) in [5.41, 5.74) is -1.29. The van der Waals surface area contributed by atoms with Crippen LogP contribution in [0.4, 0.5) is 29.6 Å². The second-order valence-electron chi connectivity index (χ2n) is 10.3. The summed E-state index contributed by atoms with van der Waals surface area (Å²) in [5, 5.41) is 0.698. The number of aryl methyl sites for hydroxylation is 1. The lowest BCUT2D eigenvalue weighted by Gasteiger charge is -2.27. The molecule has 2 heterocycles. The summed E-state index contributed by atoms with van der Waals surface area (Å²) in [6.07, 6.45) is -2.72. The van der Waals surface area contributed by atoms with Crippen LogP contribution in [0.5, 0.6) is 0 Å². The van der Waals surface area contributed by atoms with Crippen molar-refractivity contribution in [3.05, 3.63) is 52.9 Å². The molecule has 3 rings (SSSR count). The molecule has 0 radical (unpaired) electrons. The smallest absolute Gasteiger partial charge is 0.433 e.